The molecule has 110 valence electrons. The van der Waals surface area contributed by atoms with Gasteiger partial charge in [-0.3, -0.25) is 4.79 Å². The number of carbonyl (C=O) groups is 1. The quantitative estimate of drug-likeness (QED) is 0.808. The van der Waals surface area contributed by atoms with Crippen LogP contribution in [0.4, 0.5) is 15.8 Å². The van der Waals surface area contributed by atoms with Crippen molar-refractivity contribution in [1.82, 2.24) is 0 Å². The zero-order chi connectivity index (χ0) is 15.2. The number of hydrogen-bond donors (Lipinski definition) is 2. The van der Waals surface area contributed by atoms with Gasteiger partial charge in [0.1, 0.15) is 11.6 Å². The van der Waals surface area contributed by atoms with Gasteiger partial charge in [0.15, 0.2) is 0 Å². The summed E-state index contributed by atoms with van der Waals surface area (Å²) in [6.07, 6.45) is 0.0975. The van der Waals surface area contributed by atoms with Gasteiger partial charge in [-0.1, -0.05) is 28.1 Å². The van der Waals surface area contributed by atoms with Gasteiger partial charge in [0.2, 0.25) is 5.91 Å². The number of rotatable bonds is 5. The zero-order valence-corrected chi connectivity index (χ0v) is 12.7. The standard InChI is InChI=1S/C15H14BrFN2O2/c16-10-5-6-11(17)13(9-10)19-15(20)7-8-21-14-4-2-1-3-12(14)18/h1-6,9H,7-8,18H2,(H,19,20). The van der Waals surface area contributed by atoms with Gasteiger partial charge in [0, 0.05) is 4.47 Å². The van der Waals surface area contributed by atoms with E-state index in [1.165, 1.54) is 12.1 Å². The Kier molecular flexibility index (Phi) is 5.16. The second-order valence-corrected chi connectivity index (χ2v) is 5.22. The normalized spacial score (nSPS) is 10.2. The molecule has 0 saturated heterocycles. The molecule has 21 heavy (non-hydrogen) atoms. The van der Waals surface area contributed by atoms with Crippen LogP contribution in [0.25, 0.3) is 0 Å². The summed E-state index contributed by atoms with van der Waals surface area (Å²) in [5.74, 6) is -0.291. The first-order valence-corrected chi connectivity index (χ1v) is 7.08. The van der Waals surface area contributed by atoms with Crippen molar-refractivity contribution in [1.29, 1.82) is 0 Å². The van der Waals surface area contributed by atoms with Gasteiger partial charge in [-0.15, -0.1) is 0 Å². The molecule has 0 spiro atoms. The maximum absolute atomic E-state index is 13.5. The van der Waals surface area contributed by atoms with Crippen LogP contribution in [0.1, 0.15) is 6.42 Å². The summed E-state index contributed by atoms with van der Waals surface area (Å²) in [7, 11) is 0. The molecule has 0 radical (unpaired) electrons. The molecule has 4 nitrogen and oxygen atoms in total. The second kappa shape index (κ2) is 7.08. The second-order valence-electron chi connectivity index (χ2n) is 4.31. The van der Waals surface area contributed by atoms with Gasteiger partial charge in [0.25, 0.3) is 0 Å². The molecule has 0 unspecified atom stereocenters. The molecule has 0 atom stereocenters. The number of para-hydroxylation sites is 2. The third-order valence-corrected chi connectivity index (χ3v) is 3.20. The van der Waals surface area contributed by atoms with Crippen LogP contribution in [-0.4, -0.2) is 12.5 Å². The van der Waals surface area contributed by atoms with Crippen LogP contribution in [0.2, 0.25) is 0 Å². The Balaban J connectivity index is 1.85. The number of nitrogens with one attached hydrogen (secondary N) is 1. The first kappa shape index (κ1) is 15.3. The molecule has 0 aromatic heterocycles. The third-order valence-electron chi connectivity index (χ3n) is 2.71. The van der Waals surface area contributed by atoms with E-state index in [0.717, 1.165) is 0 Å². The lowest BCUT2D eigenvalue weighted by Gasteiger charge is -2.09. The molecule has 0 aliphatic heterocycles. The Morgan fingerprint density at radius 2 is 2.05 bits per heavy atom. The van der Waals surface area contributed by atoms with Crippen LogP contribution in [0.3, 0.4) is 0 Å². The molecule has 6 heteroatoms. The summed E-state index contributed by atoms with van der Waals surface area (Å²) in [6, 6.07) is 11.4. The number of amides is 1. The van der Waals surface area contributed by atoms with Gasteiger partial charge in [-0.05, 0) is 30.3 Å². The summed E-state index contributed by atoms with van der Waals surface area (Å²) < 4.78 is 19.6. The lowest BCUT2D eigenvalue weighted by molar-refractivity contribution is -0.116. The number of hydrogen-bond acceptors (Lipinski definition) is 3. The van der Waals surface area contributed by atoms with Gasteiger partial charge < -0.3 is 15.8 Å². The topological polar surface area (TPSA) is 64.3 Å². The number of ether oxygens (including phenoxy) is 1. The summed E-state index contributed by atoms with van der Waals surface area (Å²) in [4.78, 5) is 11.7. The number of nitrogens with two attached hydrogens (primary N) is 1. The fourth-order valence-electron chi connectivity index (χ4n) is 1.67. The Labute approximate surface area is 130 Å². The molecule has 2 rings (SSSR count). The molecule has 3 N–H and O–H groups in total. The average Bonchev–Trinajstić information content (AvgIpc) is 2.45. The highest BCUT2D eigenvalue weighted by atomic mass is 79.9. The predicted octanol–water partition coefficient (Wildman–Crippen LogP) is 3.58. The van der Waals surface area contributed by atoms with Crippen molar-refractivity contribution in [2.45, 2.75) is 6.42 Å². The first-order chi connectivity index (χ1) is 10.1. The van der Waals surface area contributed by atoms with Crippen molar-refractivity contribution in [2.24, 2.45) is 0 Å². The Morgan fingerprint density at radius 3 is 2.81 bits per heavy atom. The third kappa shape index (κ3) is 4.46. The lowest BCUT2D eigenvalue weighted by Crippen LogP contribution is -2.16. The van der Waals surface area contributed by atoms with Crippen molar-refractivity contribution in [2.75, 3.05) is 17.7 Å². The van der Waals surface area contributed by atoms with Crippen LogP contribution < -0.4 is 15.8 Å². The molecule has 0 bridgehead atoms. The maximum Gasteiger partial charge on any atom is 0.227 e. The fourth-order valence-corrected chi connectivity index (χ4v) is 2.03. The minimum absolute atomic E-state index is 0.0975. The monoisotopic (exact) mass is 352 g/mol. The highest BCUT2D eigenvalue weighted by molar-refractivity contribution is 9.10. The largest absolute Gasteiger partial charge is 0.491 e. The molecule has 0 heterocycles. The smallest absolute Gasteiger partial charge is 0.227 e. The van der Waals surface area contributed by atoms with Crippen LogP contribution >= 0.6 is 15.9 Å². The Hall–Kier alpha value is -2.08. The molecule has 2 aromatic rings. The number of anilines is 2. The lowest BCUT2D eigenvalue weighted by atomic mass is 10.3. The van der Waals surface area contributed by atoms with E-state index in [2.05, 4.69) is 21.2 Å². The van der Waals surface area contributed by atoms with E-state index in [1.807, 2.05) is 0 Å². The van der Waals surface area contributed by atoms with Crippen molar-refractivity contribution in [3.8, 4) is 5.75 Å². The SMILES string of the molecule is Nc1ccccc1OCCC(=O)Nc1cc(Br)ccc1F. The first-order valence-electron chi connectivity index (χ1n) is 6.28. The summed E-state index contributed by atoms with van der Waals surface area (Å²) in [6.45, 7) is 0.162. The minimum atomic E-state index is -0.486. The molecule has 0 saturated carbocycles. The van der Waals surface area contributed by atoms with Crippen LogP contribution in [0.15, 0.2) is 46.9 Å². The zero-order valence-electron chi connectivity index (χ0n) is 11.1. The van der Waals surface area contributed by atoms with E-state index in [-0.39, 0.29) is 24.6 Å². The van der Waals surface area contributed by atoms with Gasteiger partial charge >= 0.3 is 0 Å². The molecule has 2 aromatic carbocycles. The molecule has 1 amide bonds. The molecule has 0 aliphatic rings. The number of carbonyl (C=O) groups excluding carboxylic acids is 1. The van der Waals surface area contributed by atoms with Crippen LogP contribution in [0, 0.1) is 5.82 Å². The average molecular weight is 353 g/mol. The van der Waals surface area contributed by atoms with Crippen LogP contribution in [0.5, 0.6) is 5.75 Å². The van der Waals surface area contributed by atoms with Gasteiger partial charge in [-0.25, -0.2) is 4.39 Å². The van der Waals surface area contributed by atoms with Crippen molar-refractivity contribution >= 4 is 33.2 Å². The van der Waals surface area contributed by atoms with E-state index in [1.54, 1.807) is 30.3 Å². The number of nitrogen functional groups attached to an aromatic ring is 1. The Bertz CT molecular complexity index is 649. The number of halogens is 2. The fraction of sp³-hybridized carbons (Fsp3) is 0.133. The van der Waals surface area contributed by atoms with Gasteiger partial charge in [-0.2, -0.15) is 0 Å². The summed E-state index contributed by atoms with van der Waals surface area (Å²) in [5, 5.41) is 2.50. The van der Waals surface area contributed by atoms with E-state index in [9.17, 15) is 9.18 Å². The summed E-state index contributed by atoms with van der Waals surface area (Å²) >= 11 is 3.22. The molecular weight excluding hydrogens is 339 g/mol. The highest BCUT2D eigenvalue weighted by Gasteiger charge is 2.08. The van der Waals surface area contributed by atoms with Gasteiger partial charge in [0.05, 0.1) is 24.4 Å². The summed E-state index contributed by atoms with van der Waals surface area (Å²) in [5.41, 5.74) is 6.36. The number of benzene rings is 2. The van der Waals surface area contributed by atoms with E-state index < -0.39 is 5.82 Å². The van der Waals surface area contributed by atoms with Crippen molar-refractivity contribution in [3.63, 3.8) is 0 Å². The van der Waals surface area contributed by atoms with Crippen LogP contribution in [-0.2, 0) is 4.79 Å². The van der Waals surface area contributed by atoms with E-state index in [4.69, 9.17) is 10.5 Å². The predicted molar refractivity (Wildman–Crippen MR) is 83.7 cm³/mol. The van der Waals surface area contributed by atoms with E-state index in [0.29, 0.717) is 15.9 Å². The molecule has 0 aliphatic carbocycles. The van der Waals surface area contributed by atoms with E-state index >= 15 is 0 Å². The molecular formula is C15H14BrFN2O2. The highest BCUT2D eigenvalue weighted by Crippen LogP contribution is 2.21. The van der Waals surface area contributed by atoms with Crippen molar-refractivity contribution < 1.29 is 13.9 Å². The molecule has 0 fully saturated rings. The minimum Gasteiger partial charge on any atom is -0.491 e. The van der Waals surface area contributed by atoms with Crippen molar-refractivity contribution in [3.05, 3.63) is 52.8 Å². The Morgan fingerprint density at radius 1 is 1.29 bits per heavy atom. The maximum atomic E-state index is 13.5.